The summed E-state index contributed by atoms with van der Waals surface area (Å²) in [6, 6.07) is 9.91. The second kappa shape index (κ2) is 8.57. The molecule has 2 aromatic rings. The molecule has 3 N–H and O–H groups in total. The summed E-state index contributed by atoms with van der Waals surface area (Å²) in [4.78, 5) is 23.9. The molecule has 5 nitrogen and oxygen atoms in total. The summed E-state index contributed by atoms with van der Waals surface area (Å²) in [7, 11) is 0. The van der Waals surface area contributed by atoms with E-state index in [1.807, 2.05) is 0 Å². The fourth-order valence-electron chi connectivity index (χ4n) is 2.44. The number of nitrogens with one attached hydrogen (secondary N) is 3. The molecule has 0 heterocycles. The van der Waals surface area contributed by atoms with E-state index in [2.05, 4.69) is 16.0 Å². The van der Waals surface area contributed by atoms with Crippen molar-refractivity contribution >= 4 is 23.2 Å². The molecular formula is C19H20F3N3O2. The number of halogens is 3. The maximum absolute atomic E-state index is 12.9. The van der Waals surface area contributed by atoms with Crippen LogP contribution in [0.2, 0.25) is 0 Å². The van der Waals surface area contributed by atoms with Crippen molar-refractivity contribution in [3.63, 3.8) is 0 Å². The van der Waals surface area contributed by atoms with E-state index in [1.54, 1.807) is 32.0 Å². The van der Waals surface area contributed by atoms with Gasteiger partial charge in [0.25, 0.3) is 5.91 Å². The number of amides is 2. The molecule has 0 radical (unpaired) electrons. The van der Waals surface area contributed by atoms with Gasteiger partial charge < -0.3 is 16.0 Å². The highest BCUT2D eigenvalue weighted by Crippen LogP contribution is 2.31. The largest absolute Gasteiger partial charge is 0.416 e. The molecule has 0 aliphatic rings. The number of aryl methyl sites for hydroxylation is 1. The predicted octanol–water partition coefficient (Wildman–Crippen LogP) is 3.81. The summed E-state index contributed by atoms with van der Waals surface area (Å²) in [5.41, 5.74) is 0.679. The lowest BCUT2D eigenvalue weighted by molar-refractivity contribution is -0.137. The lowest BCUT2D eigenvalue weighted by Crippen LogP contribution is -2.24. The van der Waals surface area contributed by atoms with Crippen LogP contribution in [0.5, 0.6) is 0 Å². The zero-order chi connectivity index (χ0) is 20.0. The Kier molecular flexibility index (Phi) is 6.44. The van der Waals surface area contributed by atoms with E-state index in [9.17, 15) is 22.8 Å². The van der Waals surface area contributed by atoms with E-state index < -0.39 is 17.6 Å². The highest BCUT2D eigenvalue weighted by atomic mass is 19.4. The van der Waals surface area contributed by atoms with Crippen LogP contribution < -0.4 is 16.0 Å². The van der Waals surface area contributed by atoms with E-state index in [1.165, 1.54) is 12.1 Å². The van der Waals surface area contributed by atoms with Crippen molar-refractivity contribution < 1.29 is 22.8 Å². The second-order valence-electron chi connectivity index (χ2n) is 5.93. The van der Waals surface area contributed by atoms with Crippen LogP contribution in [0.25, 0.3) is 0 Å². The minimum absolute atomic E-state index is 0.202. The van der Waals surface area contributed by atoms with Crippen molar-refractivity contribution in [1.29, 1.82) is 0 Å². The zero-order valence-electron chi connectivity index (χ0n) is 14.9. The van der Waals surface area contributed by atoms with Gasteiger partial charge >= 0.3 is 6.18 Å². The molecule has 2 aromatic carbocycles. The predicted molar refractivity (Wildman–Crippen MR) is 97.7 cm³/mol. The van der Waals surface area contributed by atoms with E-state index in [0.29, 0.717) is 23.4 Å². The Morgan fingerprint density at radius 2 is 1.78 bits per heavy atom. The van der Waals surface area contributed by atoms with Gasteiger partial charge in [0, 0.05) is 23.5 Å². The van der Waals surface area contributed by atoms with Gasteiger partial charge in [0.2, 0.25) is 5.91 Å². The van der Waals surface area contributed by atoms with Gasteiger partial charge in [0.1, 0.15) is 0 Å². The molecule has 0 saturated heterocycles. The number of hydrogen-bond donors (Lipinski definition) is 3. The third kappa shape index (κ3) is 6.02. The van der Waals surface area contributed by atoms with Gasteiger partial charge in [-0.15, -0.1) is 0 Å². The molecule has 0 aliphatic heterocycles. The van der Waals surface area contributed by atoms with Crippen LogP contribution in [-0.2, 0) is 11.0 Å². The maximum atomic E-state index is 12.9. The van der Waals surface area contributed by atoms with Crippen LogP contribution in [0.1, 0.15) is 28.4 Å². The lowest BCUT2D eigenvalue weighted by atomic mass is 10.1. The van der Waals surface area contributed by atoms with Gasteiger partial charge in [-0.2, -0.15) is 13.2 Å². The van der Waals surface area contributed by atoms with Crippen LogP contribution in [0.15, 0.2) is 42.5 Å². The van der Waals surface area contributed by atoms with E-state index >= 15 is 0 Å². The first-order valence-corrected chi connectivity index (χ1v) is 8.30. The van der Waals surface area contributed by atoms with Gasteiger partial charge in [0.05, 0.1) is 12.1 Å². The Morgan fingerprint density at radius 3 is 2.44 bits per heavy atom. The third-order valence-corrected chi connectivity index (χ3v) is 3.60. The Balaban J connectivity index is 2.00. The van der Waals surface area contributed by atoms with Crippen LogP contribution in [0.3, 0.4) is 0 Å². The molecule has 0 fully saturated rings. The Morgan fingerprint density at radius 1 is 1.04 bits per heavy atom. The van der Waals surface area contributed by atoms with Crippen molar-refractivity contribution in [3.05, 3.63) is 59.2 Å². The summed E-state index contributed by atoms with van der Waals surface area (Å²) in [6.07, 6.45) is -4.45. The summed E-state index contributed by atoms with van der Waals surface area (Å²) < 4.78 is 38.6. The molecule has 0 spiro atoms. The van der Waals surface area contributed by atoms with E-state index in [0.717, 1.165) is 12.1 Å². The summed E-state index contributed by atoms with van der Waals surface area (Å²) in [5, 5.41) is 7.95. The van der Waals surface area contributed by atoms with Crippen LogP contribution in [0, 0.1) is 6.92 Å². The lowest BCUT2D eigenvalue weighted by Gasteiger charge is -2.12. The van der Waals surface area contributed by atoms with Gasteiger partial charge in [-0.05, 0) is 55.8 Å². The van der Waals surface area contributed by atoms with E-state index in [4.69, 9.17) is 0 Å². The molecule has 8 heteroatoms. The number of carbonyl (C=O) groups is 2. The number of alkyl halides is 3. The van der Waals surface area contributed by atoms with Crippen molar-refractivity contribution in [2.24, 2.45) is 0 Å². The first kappa shape index (κ1) is 20.3. The minimum Gasteiger partial charge on any atom is -0.376 e. The number of anilines is 2. The van der Waals surface area contributed by atoms with Gasteiger partial charge in [-0.1, -0.05) is 6.07 Å². The molecule has 0 bridgehead atoms. The topological polar surface area (TPSA) is 70.2 Å². The van der Waals surface area contributed by atoms with Crippen LogP contribution >= 0.6 is 0 Å². The van der Waals surface area contributed by atoms with Crippen molar-refractivity contribution in [3.8, 4) is 0 Å². The molecule has 2 rings (SSSR count). The first-order valence-electron chi connectivity index (χ1n) is 8.30. The first-order chi connectivity index (χ1) is 12.7. The third-order valence-electron chi connectivity index (χ3n) is 3.60. The molecule has 2 amide bonds. The molecule has 144 valence electrons. The highest BCUT2D eigenvalue weighted by Gasteiger charge is 2.30. The van der Waals surface area contributed by atoms with E-state index in [-0.39, 0.29) is 18.1 Å². The molecule has 27 heavy (non-hydrogen) atoms. The number of rotatable bonds is 6. The summed E-state index contributed by atoms with van der Waals surface area (Å²) in [6.45, 7) is 3.61. The molecule has 0 atom stereocenters. The average Bonchev–Trinajstić information content (AvgIpc) is 2.59. The fraction of sp³-hybridized carbons (Fsp3) is 0.263. The molecular weight excluding hydrogens is 359 g/mol. The SMILES string of the molecule is CCNC(=O)c1cccc(NC(=O)CNc2cc(C)cc(C(F)(F)F)c2)c1. The normalized spacial score (nSPS) is 11.0. The molecule has 0 unspecified atom stereocenters. The Labute approximate surface area is 155 Å². The molecule has 0 aliphatic carbocycles. The monoisotopic (exact) mass is 379 g/mol. The average molecular weight is 379 g/mol. The van der Waals surface area contributed by atoms with Crippen molar-refractivity contribution in [2.75, 3.05) is 23.7 Å². The molecule has 0 aromatic heterocycles. The number of benzene rings is 2. The Hall–Kier alpha value is -3.03. The fourth-order valence-corrected chi connectivity index (χ4v) is 2.44. The number of carbonyl (C=O) groups excluding carboxylic acids is 2. The second-order valence-corrected chi connectivity index (χ2v) is 5.93. The maximum Gasteiger partial charge on any atom is 0.416 e. The smallest absolute Gasteiger partial charge is 0.376 e. The van der Waals surface area contributed by atoms with Gasteiger partial charge in [-0.25, -0.2) is 0 Å². The van der Waals surface area contributed by atoms with Crippen molar-refractivity contribution in [2.45, 2.75) is 20.0 Å². The Bertz CT molecular complexity index is 835. The van der Waals surface area contributed by atoms with Crippen LogP contribution in [-0.4, -0.2) is 24.9 Å². The van der Waals surface area contributed by atoms with Gasteiger partial charge in [0.15, 0.2) is 0 Å². The highest BCUT2D eigenvalue weighted by molar-refractivity contribution is 5.98. The molecule has 0 saturated carbocycles. The zero-order valence-corrected chi connectivity index (χ0v) is 14.9. The summed E-state index contributed by atoms with van der Waals surface area (Å²) >= 11 is 0. The minimum atomic E-state index is -4.45. The standard InChI is InChI=1S/C19H20F3N3O2/c1-3-23-18(27)13-5-4-6-15(9-13)25-17(26)11-24-16-8-12(2)7-14(10-16)19(20,21)22/h4-10,24H,3,11H2,1-2H3,(H,23,27)(H,25,26). The van der Waals surface area contributed by atoms with Crippen molar-refractivity contribution in [1.82, 2.24) is 5.32 Å². The van der Waals surface area contributed by atoms with Gasteiger partial charge in [-0.3, -0.25) is 9.59 Å². The summed E-state index contributed by atoms with van der Waals surface area (Å²) in [5.74, 6) is -0.704. The number of hydrogen-bond acceptors (Lipinski definition) is 3. The quantitative estimate of drug-likeness (QED) is 0.715. The van der Waals surface area contributed by atoms with Crippen LogP contribution in [0.4, 0.5) is 24.5 Å².